The van der Waals surface area contributed by atoms with Crippen molar-refractivity contribution in [2.45, 2.75) is 20.4 Å². The Morgan fingerprint density at radius 3 is 2.66 bits per heavy atom. The summed E-state index contributed by atoms with van der Waals surface area (Å²) in [7, 11) is 0. The molecular formula is C18H16BrN9O. The van der Waals surface area contributed by atoms with Crippen LogP contribution in [0.5, 0.6) is 0 Å². The van der Waals surface area contributed by atoms with Crippen LogP contribution < -0.4 is 5.32 Å². The lowest BCUT2D eigenvalue weighted by molar-refractivity contribution is -0.117. The van der Waals surface area contributed by atoms with Gasteiger partial charge in [-0.25, -0.2) is 0 Å². The van der Waals surface area contributed by atoms with Gasteiger partial charge in [-0.15, -0.1) is 15.3 Å². The van der Waals surface area contributed by atoms with Crippen molar-refractivity contribution >= 4 is 27.5 Å². The van der Waals surface area contributed by atoms with Gasteiger partial charge in [-0.1, -0.05) is 12.1 Å². The summed E-state index contributed by atoms with van der Waals surface area (Å²) >= 11 is 3.44. The zero-order valence-electron chi connectivity index (χ0n) is 15.6. The molecule has 0 fully saturated rings. The number of aromatic nitrogens is 8. The van der Waals surface area contributed by atoms with E-state index in [4.69, 9.17) is 0 Å². The lowest BCUT2D eigenvalue weighted by Crippen LogP contribution is -2.20. The molecule has 146 valence electrons. The highest BCUT2D eigenvalue weighted by molar-refractivity contribution is 9.10. The predicted octanol–water partition coefficient (Wildman–Crippen LogP) is 2.33. The zero-order valence-corrected chi connectivity index (χ0v) is 17.2. The fraction of sp³-hybridized carbons (Fsp3) is 0.167. The van der Waals surface area contributed by atoms with Gasteiger partial charge in [0.15, 0.2) is 0 Å². The summed E-state index contributed by atoms with van der Waals surface area (Å²) in [5.41, 5.74) is 4.24. The van der Waals surface area contributed by atoms with E-state index in [1.54, 1.807) is 0 Å². The van der Waals surface area contributed by atoms with Crippen LogP contribution in [0, 0.1) is 13.8 Å². The molecule has 0 aliphatic carbocycles. The van der Waals surface area contributed by atoms with E-state index in [0.717, 1.165) is 21.3 Å². The average molecular weight is 454 g/mol. The number of carbonyl (C=O) groups excluding carboxylic acids is 1. The van der Waals surface area contributed by atoms with Gasteiger partial charge < -0.3 is 5.32 Å². The maximum Gasteiger partial charge on any atom is 0.248 e. The monoisotopic (exact) mass is 453 g/mol. The highest BCUT2D eigenvalue weighted by Crippen LogP contribution is 2.24. The molecule has 1 amide bonds. The number of anilines is 1. The molecule has 0 atom stereocenters. The van der Waals surface area contributed by atoms with Crippen molar-refractivity contribution in [2.24, 2.45) is 0 Å². The van der Waals surface area contributed by atoms with Crippen molar-refractivity contribution in [3.05, 3.63) is 58.3 Å². The van der Waals surface area contributed by atoms with Gasteiger partial charge in [0.2, 0.25) is 11.7 Å². The fourth-order valence-corrected chi connectivity index (χ4v) is 3.34. The first-order valence-electron chi connectivity index (χ1n) is 8.68. The largest absolute Gasteiger partial charge is 0.323 e. The summed E-state index contributed by atoms with van der Waals surface area (Å²) in [6.07, 6.45) is 1.50. The summed E-state index contributed by atoms with van der Waals surface area (Å²) in [6, 6.07) is 11.4. The number of halogens is 1. The molecule has 0 unspecified atom stereocenters. The standard InChI is InChI=1S/C18H16BrN9O/c1-11-4-6-15(14(19)7-11)21-17(29)9-28-23-18(22-25-28)13-5-3-12(2)8-16(13)27-10-20-24-26-27/h3-8,10H,9H2,1-2H3,(H,21,29). The molecule has 4 rings (SSSR count). The first kappa shape index (κ1) is 18.9. The molecule has 0 radical (unpaired) electrons. The second-order valence-electron chi connectivity index (χ2n) is 6.45. The molecule has 2 aromatic carbocycles. The number of carbonyl (C=O) groups is 1. The van der Waals surface area contributed by atoms with Gasteiger partial charge in [-0.2, -0.15) is 9.48 Å². The number of nitrogens with one attached hydrogen (secondary N) is 1. The van der Waals surface area contributed by atoms with Gasteiger partial charge >= 0.3 is 0 Å². The summed E-state index contributed by atoms with van der Waals surface area (Å²) in [4.78, 5) is 13.6. The van der Waals surface area contributed by atoms with Crippen molar-refractivity contribution < 1.29 is 4.79 Å². The topological polar surface area (TPSA) is 116 Å². The first-order chi connectivity index (χ1) is 14.0. The van der Waals surface area contributed by atoms with E-state index in [0.29, 0.717) is 17.1 Å². The maximum absolute atomic E-state index is 12.4. The normalized spacial score (nSPS) is 10.9. The molecule has 0 aliphatic heterocycles. The molecule has 1 N–H and O–H groups in total. The van der Waals surface area contributed by atoms with Gasteiger partial charge in [0.25, 0.3) is 0 Å². The van der Waals surface area contributed by atoms with Crippen LogP contribution in [0.3, 0.4) is 0 Å². The Morgan fingerprint density at radius 1 is 1.10 bits per heavy atom. The Balaban J connectivity index is 1.54. The highest BCUT2D eigenvalue weighted by Gasteiger charge is 2.15. The minimum Gasteiger partial charge on any atom is -0.323 e. The minimum atomic E-state index is -0.261. The molecule has 0 saturated heterocycles. The molecule has 0 bridgehead atoms. The molecule has 0 spiro atoms. The minimum absolute atomic E-state index is 0.0700. The van der Waals surface area contributed by atoms with Crippen LogP contribution in [0.4, 0.5) is 5.69 Å². The van der Waals surface area contributed by atoms with E-state index in [1.807, 2.05) is 50.2 Å². The quantitative estimate of drug-likeness (QED) is 0.492. The van der Waals surface area contributed by atoms with Crippen molar-refractivity contribution in [3.63, 3.8) is 0 Å². The number of amides is 1. The molecule has 11 heteroatoms. The number of nitrogens with zero attached hydrogens (tertiary/aromatic N) is 8. The van der Waals surface area contributed by atoms with Crippen LogP contribution in [-0.2, 0) is 11.3 Å². The van der Waals surface area contributed by atoms with Crippen LogP contribution in [0.2, 0.25) is 0 Å². The third-order valence-electron chi connectivity index (χ3n) is 4.13. The van der Waals surface area contributed by atoms with E-state index in [-0.39, 0.29) is 12.5 Å². The molecule has 10 nitrogen and oxygen atoms in total. The summed E-state index contributed by atoms with van der Waals surface area (Å²) in [5, 5.41) is 26.5. The SMILES string of the molecule is Cc1ccc(NC(=O)Cn2nnc(-c3ccc(C)cc3-n3cnnn3)n2)c(Br)c1. The van der Waals surface area contributed by atoms with Crippen LogP contribution in [-0.4, -0.2) is 46.3 Å². The number of aryl methyl sites for hydroxylation is 2. The number of tetrazole rings is 2. The third kappa shape index (κ3) is 4.19. The van der Waals surface area contributed by atoms with Crippen molar-refractivity contribution in [1.82, 2.24) is 40.4 Å². The summed E-state index contributed by atoms with van der Waals surface area (Å²) in [6.45, 7) is 3.88. The first-order valence-corrected chi connectivity index (χ1v) is 9.47. The lowest BCUT2D eigenvalue weighted by atomic mass is 10.1. The van der Waals surface area contributed by atoms with Crippen molar-refractivity contribution in [3.8, 4) is 17.1 Å². The van der Waals surface area contributed by atoms with E-state index >= 15 is 0 Å². The molecule has 0 aliphatic rings. The molecule has 2 aromatic heterocycles. The van der Waals surface area contributed by atoms with Crippen LogP contribution in [0.15, 0.2) is 47.2 Å². The van der Waals surface area contributed by atoms with Crippen molar-refractivity contribution in [2.75, 3.05) is 5.32 Å². The second-order valence-corrected chi connectivity index (χ2v) is 7.30. The van der Waals surface area contributed by atoms with E-state index in [9.17, 15) is 4.79 Å². The van der Waals surface area contributed by atoms with E-state index in [2.05, 4.69) is 52.2 Å². The lowest BCUT2D eigenvalue weighted by Gasteiger charge is -2.07. The van der Waals surface area contributed by atoms with Gasteiger partial charge in [0.1, 0.15) is 12.9 Å². The van der Waals surface area contributed by atoms with Gasteiger partial charge in [0, 0.05) is 10.0 Å². The maximum atomic E-state index is 12.4. The number of hydrogen-bond acceptors (Lipinski definition) is 7. The zero-order chi connectivity index (χ0) is 20.4. The predicted molar refractivity (Wildman–Crippen MR) is 108 cm³/mol. The van der Waals surface area contributed by atoms with Crippen molar-refractivity contribution in [1.29, 1.82) is 0 Å². The molecule has 29 heavy (non-hydrogen) atoms. The van der Waals surface area contributed by atoms with Crippen LogP contribution >= 0.6 is 15.9 Å². The molecule has 4 aromatic rings. The highest BCUT2D eigenvalue weighted by atomic mass is 79.9. The number of benzene rings is 2. The Kier molecular flexibility index (Phi) is 5.12. The molecule has 2 heterocycles. The molecule has 0 saturated carbocycles. The fourth-order valence-electron chi connectivity index (χ4n) is 2.75. The second kappa shape index (κ2) is 7.87. The summed E-state index contributed by atoms with van der Waals surface area (Å²) < 4.78 is 2.34. The van der Waals surface area contributed by atoms with E-state index in [1.165, 1.54) is 15.8 Å². The Bertz CT molecular complexity index is 1170. The van der Waals surface area contributed by atoms with Gasteiger partial charge in [0.05, 0.1) is 11.4 Å². The number of hydrogen-bond donors (Lipinski definition) is 1. The van der Waals surface area contributed by atoms with Crippen LogP contribution in [0.25, 0.3) is 17.1 Å². The van der Waals surface area contributed by atoms with Gasteiger partial charge in [-0.05, 0) is 80.8 Å². The van der Waals surface area contributed by atoms with Crippen LogP contribution in [0.1, 0.15) is 11.1 Å². The van der Waals surface area contributed by atoms with Gasteiger partial charge in [-0.3, -0.25) is 4.79 Å². The average Bonchev–Trinajstić information content (AvgIpc) is 3.36. The Labute approximate surface area is 174 Å². The summed E-state index contributed by atoms with van der Waals surface area (Å²) in [5.74, 6) is 0.114. The Hall–Kier alpha value is -3.47. The third-order valence-corrected chi connectivity index (χ3v) is 4.78. The Morgan fingerprint density at radius 2 is 1.90 bits per heavy atom. The molecular weight excluding hydrogens is 438 g/mol. The smallest absolute Gasteiger partial charge is 0.248 e. The number of rotatable bonds is 5. The van der Waals surface area contributed by atoms with E-state index < -0.39 is 0 Å².